The second kappa shape index (κ2) is 5.76. The molecule has 4 rings (SSSR count). The number of ether oxygens (including phenoxy) is 1. The first-order chi connectivity index (χ1) is 12.7. The van der Waals surface area contributed by atoms with Crippen LogP contribution in [0, 0.1) is 0 Å². The Morgan fingerprint density at radius 1 is 1.11 bits per heavy atom. The summed E-state index contributed by atoms with van der Waals surface area (Å²) in [4.78, 5) is 11.3. The molecule has 1 N–H and O–H groups in total. The molecule has 9 heteroatoms. The zero-order valence-electron chi connectivity index (χ0n) is 13.9. The van der Waals surface area contributed by atoms with Crippen LogP contribution in [0.15, 0.2) is 48.7 Å². The van der Waals surface area contributed by atoms with E-state index in [4.69, 9.17) is 0 Å². The number of aromatic carboxylic acids is 1. The Labute approximate surface area is 150 Å². The lowest BCUT2D eigenvalue weighted by Gasteiger charge is -2.11. The van der Waals surface area contributed by atoms with E-state index in [0.29, 0.717) is 22.2 Å². The van der Waals surface area contributed by atoms with Crippen molar-refractivity contribution in [3.05, 3.63) is 54.2 Å². The second-order valence-electron chi connectivity index (χ2n) is 5.95. The number of alkyl halides is 3. The largest absolute Gasteiger partial charge is 0.573 e. The number of carbonyl (C=O) groups is 1. The highest BCUT2D eigenvalue weighted by Gasteiger charge is 2.31. The number of carboxylic acid groups (broad SMARTS) is 1. The molecule has 4 aromatic rings. The van der Waals surface area contributed by atoms with Crippen LogP contribution >= 0.6 is 0 Å². The van der Waals surface area contributed by atoms with Crippen LogP contribution in [0.2, 0.25) is 0 Å². The zero-order valence-corrected chi connectivity index (χ0v) is 13.9. The quantitative estimate of drug-likeness (QED) is 0.585. The van der Waals surface area contributed by atoms with E-state index < -0.39 is 12.3 Å². The number of nitrogens with zero attached hydrogens (tertiary/aromatic N) is 3. The number of hydrogen-bond donors (Lipinski definition) is 1. The van der Waals surface area contributed by atoms with Gasteiger partial charge in [-0.2, -0.15) is 5.10 Å². The smallest absolute Gasteiger partial charge is 0.478 e. The maximum absolute atomic E-state index is 12.3. The molecule has 0 aliphatic rings. The second-order valence-corrected chi connectivity index (χ2v) is 5.95. The molecular formula is C18H12F3N3O3. The predicted octanol–water partition coefficient (Wildman–Crippen LogP) is 4.11. The fourth-order valence-corrected chi connectivity index (χ4v) is 3.08. The normalized spacial score (nSPS) is 12.0. The summed E-state index contributed by atoms with van der Waals surface area (Å²) >= 11 is 0. The van der Waals surface area contributed by atoms with Crippen LogP contribution in [-0.2, 0) is 7.05 Å². The van der Waals surface area contributed by atoms with Crippen LogP contribution in [0.4, 0.5) is 13.2 Å². The van der Waals surface area contributed by atoms with Crippen molar-refractivity contribution >= 4 is 27.9 Å². The lowest BCUT2D eigenvalue weighted by molar-refractivity contribution is -0.274. The Bertz CT molecular complexity index is 1170. The molecule has 27 heavy (non-hydrogen) atoms. The molecule has 0 unspecified atom stereocenters. The molecule has 0 aliphatic heterocycles. The Kier molecular flexibility index (Phi) is 3.62. The van der Waals surface area contributed by atoms with Gasteiger partial charge in [-0.3, -0.25) is 9.25 Å². The fraction of sp³-hybridized carbons (Fsp3) is 0.111. The van der Waals surface area contributed by atoms with Gasteiger partial charge in [0.15, 0.2) is 5.65 Å². The number of benzene rings is 2. The number of halogens is 3. The van der Waals surface area contributed by atoms with Crippen molar-refractivity contribution in [3.8, 4) is 11.4 Å². The van der Waals surface area contributed by atoms with Crippen LogP contribution in [0.1, 0.15) is 10.4 Å². The summed E-state index contributed by atoms with van der Waals surface area (Å²) in [6, 6.07) is 10.1. The number of rotatable bonds is 3. The fourth-order valence-electron chi connectivity index (χ4n) is 3.08. The first-order valence-electron chi connectivity index (χ1n) is 7.80. The molecule has 0 radical (unpaired) electrons. The van der Waals surface area contributed by atoms with Gasteiger partial charge in [0.25, 0.3) is 0 Å². The van der Waals surface area contributed by atoms with E-state index >= 15 is 0 Å². The van der Waals surface area contributed by atoms with Crippen LogP contribution < -0.4 is 4.74 Å². The maximum atomic E-state index is 12.3. The monoisotopic (exact) mass is 375 g/mol. The van der Waals surface area contributed by atoms with Crippen molar-refractivity contribution in [1.82, 2.24) is 14.3 Å². The summed E-state index contributed by atoms with van der Waals surface area (Å²) in [5, 5.41) is 15.1. The Balaban J connectivity index is 1.91. The first-order valence-corrected chi connectivity index (χ1v) is 7.80. The number of hydrogen-bond acceptors (Lipinski definition) is 3. The van der Waals surface area contributed by atoms with E-state index in [-0.39, 0.29) is 11.3 Å². The molecule has 6 nitrogen and oxygen atoms in total. The molecule has 0 saturated heterocycles. The third kappa shape index (κ3) is 2.97. The van der Waals surface area contributed by atoms with Crippen molar-refractivity contribution < 1.29 is 27.8 Å². The summed E-state index contributed by atoms with van der Waals surface area (Å²) in [6.45, 7) is 0. The van der Waals surface area contributed by atoms with E-state index in [9.17, 15) is 23.1 Å². The van der Waals surface area contributed by atoms with E-state index in [0.717, 1.165) is 5.39 Å². The van der Waals surface area contributed by atoms with Gasteiger partial charge in [0, 0.05) is 29.7 Å². The zero-order chi connectivity index (χ0) is 19.3. The Morgan fingerprint density at radius 2 is 1.81 bits per heavy atom. The summed E-state index contributed by atoms with van der Waals surface area (Å²) in [5.74, 6) is -1.37. The molecule has 138 valence electrons. The van der Waals surface area contributed by atoms with Gasteiger partial charge < -0.3 is 9.84 Å². The van der Waals surface area contributed by atoms with Crippen LogP contribution in [0.5, 0.6) is 5.75 Å². The summed E-state index contributed by atoms with van der Waals surface area (Å²) in [7, 11) is 1.73. The van der Waals surface area contributed by atoms with Gasteiger partial charge in [-0.15, -0.1) is 13.2 Å². The van der Waals surface area contributed by atoms with Gasteiger partial charge in [0.05, 0.1) is 11.1 Å². The SMILES string of the molecule is Cn1cc2c3cc(C(=O)O)ccc3n(-c3ccc(OC(F)(F)F)cc3)c2n1. The third-order valence-electron chi connectivity index (χ3n) is 4.12. The van der Waals surface area contributed by atoms with Gasteiger partial charge in [-0.05, 0) is 42.5 Å². The summed E-state index contributed by atoms with van der Waals surface area (Å²) in [5.41, 5.74) is 1.98. The molecular weight excluding hydrogens is 363 g/mol. The molecule has 0 aliphatic carbocycles. The molecule has 0 amide bonds. The molecule has 2 heterocycles. The average molecular weight is 375 g/mol. The number of aryl methyl sites for hydroxylation is 1. The molecule has 2 aromatic carbocycles. The lowest BCUT2D eigenvalue weighted by Crippen LogP contribution is -2.17. The van der Waals surface area contributed by atoms with E-state index in [1.807, 2.05) is 0 Å². The minimum Gasteiger partial charge on any atom is -0.478 e. The molecule has 0 bridgehead atoms. The number of aromatic nitrogens is 3. The van der Waals surface area contributed by atoms with Crippen LogP contribution in [0.3, 0.4) is 0 Å². The highest BCUT2D eigenvalue weighted by molar-refractivity contribution is 6.09. The third-order valence-corrected chi connectivity index (χ3v) is 4.12. The molecule has 0 saturated carbocycles. The minimum absolute atomic E-state index is 0.138. The van der Waals surface area contributed by atoms with Crippen molar-refractivity contribution in [3.63, 3.8) is 0 Å². The van der Waals surface area contributed by atoms with Gasteiger partial charge in [0.2, 0.25) is 0 Å². The van der Waals surface area contributed by atoms with Crippen LogP contribution in [0.25, 0.3) is 27.6 Å². The highest BCUT2D eigenvalue weighted by atomic mass is 19.4. The van der Waals surface area contributed by atoms with Crippen molar-refractivity contribution in [1.29, 1.82) is 0 Å². The highest BCUT2D eigenvalue weighted by Crippen LogP contribution is 2.33. The van der Waals surface area contributed by atoms with Crippen molar-refractivity contribution in [2.75, 3.05) is 0 Å². The van der Waals surface area contributed by atoms with Gasteiger partial charge in [-0.1, -0.05) is 0 Å². The summed E-state index contributed by atoms with van der Waals surface area (Å²) in [6.07, 6.45) is -3.00. The number of fused-ring (bicyclic) bond motifs is 3. The Hall–Kier alpha value is -3.49. The maximum Gasteiger partial charge on any atom is 0.573 e. The van der Waals surface area contributed by atoms with Crippen molar-refractivity contribution in [2.24, 2.45) is 7.05 Å². The van der Waals surface area contributed by atoms with Gasteiger partial charge >= 0.3 is 12.3 Å². The molecule has 0 spiro atoms. The van der Waals surface area contributed by atoms with E-state index in [2.05, 4.69) is 9.84 Å². The average Bonchev–Trinajstić information content (AvgIpc) is 3.09. The van der Waals surface area contributed by atoms with Gasteiger partial charge in [0.1, 0.15) is 5.75 Å². The lowest BCUT2D eigenvalue weighted by atomic mass is 10.1. The molecule has 0 atom stereocenters. The topological polar surface area (TPSA) is 69.3 Å². The predicted molar refractivity (Wildman–Crippen MR) is 91.2 cm³/mol. The number of carboxylic acids is 1. The minimum atomic E-state index is -4.76. The first kappa shape index (κ1) is 17.0. The standard InChI is InChI=1S/C18H12F3N3O3/c1-23-9-14-13-8-10(17(25)26)2-7-15(13)24(16(14)22-23)11-3-5-12(6-4-11)27-18(19,20)21/h2-9H,1H3,(H,25,26). The molecule has 0 fully saturated rings. The van der Waals surface area contributed by atoms with Crippen molar-refractivity contribution in [2.45, 2.75) is 6.36 Å². The van der Waals surface area contributed by atoms with E-state index in [1.54, 1.807) is 34.6 Å². The van der Waals surface area contributed by atoms with E-state index in [1.165, 1.54) is 30.3 Å². The summed E-state index contributed by atoms with van der Waals surface area (Å²) < 4.78 is 44.3. The molecule has 2 aromatic heterocycles. The van der Waals surface area contributed by atoms with Crippen LogP contribution in [-0.4, -0.2) is 31.8 Å². The van der Waals surface area contributed by atoms with Gasteiger partial charge in [-0.25, -0.2) is 4.79 Å². The Morgan fingerprint density at radius 3 is 2.44 bits per heavy atom.